The zero-order valence-electron chi connectivity index (χ0n) is 14.8. The number of nitrogens with zero attached hydrogens (tertiary/aromatic N) is 2. The SMILES string of the molecule is CC1C(=O)N(Cc2ccccc2)C2(C)N1c1ccccc1C2(C)C. The Hall–Kier alpha value is -2.29. The molecule has 2 aromatic rings. The van der Waals surface area contributed by atoms with Gasteiger partial charge in [-0.15, -0.1) is 0 Å². The smallest absolute Gasteiger partial charge is 0.247 e. The monoisotopic (exact) mass is 320 g/mol. The lowest BCUT2D eigenvalue weighted by molar-refractivity contribution is -0.133. The van der Waals surface area contributed by atoms with Gasteiger partial charge in [0.1, 0.15) is 11.7 Å². The van der Waals surface area contributed by atoms with Crippen LogP contribution >= 0.6 is 0 Å². The lowest BCUT2D eigenvalue weighted by Gasteiger charge is -2.46. The van der Waals surface area contributed by atoms with E-state index in [1.165, 1.54) is 16.8 Å². The first-order chi connectivity index (χ1) is 11.4. The van der Waals surface area contributed by atoms with Crippen molar-refractivity contribution in [3.8, 4) is 0 Å². The number of para-hydroxylation sites is 1. The van der Waals surface area contributed by atoms with Crippen molar-refractivity contribution < 1.29 is 4.79 Å². The van der Waals surface area contributed by atoms with Crippen LogP contribution in [-0.2, 0) is 16.8 Å². The van der Waals surface area contributed by atoms with Gasteiger partial charge in [0.25, 0.3) is 0 Å². The summed E-state index contributed by atoms with van der Waals surface area (Å²) in [4.78, 5) is 17.5. The number of fused-ring (bicyclic) bond motifs is 3. The van der Waals surface area contributed by atoms with E-state index in [-0.39, 0.29) is 23.0 Å². The molecule has 0 N–H and O–H groups in total. The standard InChI is InChI=1S/C21H24N2O/c1-15-19(24)22(14-16-10-6-5-7-11-16)21(4)20(2,3)17-12-8-9-13-18(17)23(15)21/h5-13,15H,14H2,1-4H3. The van der Waals surface area contributed by atoms with E-state index in [2.05, 4.69) is 67.0 Å². The highest BCUT2D eigenvalue weighted by molar-refractivity contribution is 5.93. The molecule has 2 aliphatic heterocycles. The molecule has 2 atom stereocenters. The van der Waals surface area contributed by atoms with E-state index in [1.54, 1.807) is 0 Å². The van der Waals surface area contributed by atoms with Gasteiger partial charge in [-0.3, -0.25) is 4.79 Å². The summed E-state index contributed by atoms with van der Waals surface area (Å²) < 4.78 is 0. The largest absolute Gasteiger partial charge is 0.336 e. The average molecular weight is 320 g/mol. The third kappa shape index (κ3) is 1.70. The number of amides is 1. The summed E-state index contributed by atoms with van der Waals surface area (Å²) in [6, 6.07) is 18.7. The van der Waals surface area contributed by atoms with Crippen LogP contribution in [-0.4, -0.2) is 22.5 Å². The van der Waals surface area contributed by atoms with Crippen molar-refractivity contribution in [1.29, 1.82) is 0 Å². The second kappa shape index (κ2) is 4.85. The number of anilines is 1. The van der Waals surface area contributed by atoms with Gasteiger partial charge in [0, 0.05) is 17.6 Å². The number of hydrogen-bond acceptors (Lipinski definition) is 2. The molecule has 2 aromatic carbocycles. The molecule has 1 amide bonds. The molecular formula is C21H24N2O. The van der Waals surface area contributed by atoms with Gasteiger partial charge < -0.3 is 9.80 Å². The first-order valence-electron chi connectivity index (χ1n) is 8.63. The molecule has 0 spiro atoms. The molecule has 0 bridgehead atoms. The third-order valence-electron chi connectivity index (χ3n) is 6.21. The fourth-order valence-electron chi connectivity index (χ4n) is 4.60. The Morgan fingerprint density at radius 2 is 1.58 bits per heavy atom. The topological polar surface area (TPSA) is 23.6 Å². The van der Waals surface area contributed by atoms with Crippen LogP contribution in [0.3, 0.4) is 0 Å². The van der Waals surface area contributed by atoms with E-state index in [0.29, 0.717) is 6.54 Å². The Morgan fingerprint density at radius 1 is 0.958 bits per heavy atom. The highest BCUT2D eigenvalue weighted by Gasteiger charge is 2.64. The summed E-state index contributed by atoms with van der Waals surface area (Å²) in [5, 5.41) is 0. The molecule has 0 aromatic heterocycles. The normalized spacial score (nSPS) is 27.3. The number of benzene rings is 2. The summed E-state index contributed by atoms with van der Waals surface area (Å²) in [7, 11) is 0. The van der Waals surface area contributed by atoms with E-state index in [1.807, 2.05) is 25.1 Å². The Kier molecular flexibility index (Phi) is 3.08. The van der Waals surface area contributed by atoms with Crippen molar-refractivity contribution in [2.45, 2.75) is 51.4 Å². The van der Waals surface area contributed by atoms with Gasteiger partial charge in [0.15, 0.2) is 0 Å². The van der Waals surface area contributed by atoms with E-state index in [9.17, 15) is 4.79 Å². The number of carbonyl (C=O) groups is 1. The quantitative estimate of drug-likeness (QED) is 0.837. The van der Waals surface area contributed by atoms with Gasteiger partial charge in [0.05, 0.1) is 0 Å². The van der Waals surface area contributed by atoms with Gasteiger partial charge in [-0.1, -0.05) is 62.4 Å². The van der Waals surface area contributed by atoms with Crippen LogP contribution in [0.15, 0.2) is 54.6 Å². The zero-order valence-corrected chi connectivity index (χ0v) is 14.8. The van der Waals surface area contributed by atoms with Crippen LogP contribution in [0.25, 0.3) is 0 Å². The second-order valence-corrected chi connectivity index (χ2v) is 7.62. The maximum atomic E-state index is 13.1. The van der Waals surface area contributed by atoms with Gasteiger partial charge in [-0.05, 0) is 31.0 Å². The average Bonchev–Trinajstić information content (AvgIpc) is 2.89. The molecule has 4 rings (SSSR count). The first kappa shape index (κ1) is 15.3. The van der Waals surface area contributed by atoms with Crippen molar-refractivity contribution in [3.05, 3.63) is 65.7 Å². The molecule has 3 heteroatoms. The maximum Gasteiger partial charge on any atom is 0.247 e. The molecule has 1 fully saturated rings. The minimum Gasteiger partial charge on any atom is -0.336 e. The van der Waals surface area contributed by atoms with Gasteiger partial charge >= 0.3 is 0 Å². The Labute approximate surface area is 143 Å². The summed E-state index contributed by atoms with van der Waals surface area (Å²) in [5.74, 6) is 0.212. The van der Waals surface area contributed by atoms with Crippen LogP contribution in [0.4, 0.5) is 5.69 Å². The molecule has 2 unspecified atom stereocenters. The van der Waals surface area contributed by atoms with Crippen molar-refractivity contribution >= 4 is 11.6 Å². The molecule has 3 nitrogen and oxygen atoms in total. The summed E-state index contributed by atoms with van der Waals surface area (Å²) >= 11 is 0. The minimum absolute atomic E-state index is 0.137. The van der Waals surface area contributed by atoms with Crippen LogP contribution in [0.2, 0.25) is 0 Å². The lowest BCUT2D eigenvalue weighted by atomic mass is 9.76. The molecule has 1 saturated heterocycles. The van der Waals surface area contributed by atoms with Crippen molar-refractivity contribution in [1.82, 2.24) is 4.90 Å². The van der Waals surface area contributed by atoms with Crippen molar-refractivity contribution in [3.63, 3.8) is 0 Å². The molecular weight excluding hydrogens is 296 g/mol. The van der Waals surface area contributed by atoms with E-state index >= 15 is 0 Å². The van der Waals surface area contributed by atoms with E-state index < -0.39 is 0 Å². The predicted octanol–water partition coefficient (Wildman–Crippen LogP) is 3.93. The second-order valence-electron chi connectivity index (χ2n) is 7.62. The highest BCUT2D eigenvalue weighted by atomic mass is 16.2. The summed E-state index contributed by atoms with van der Waals surface area (Å²) in [5.41, 5.74) is 3.20. The molecule has 2 heterocycles. The molecule has 124 valence electrons. The lowest BCUT2D eigenvalue weighted by Crippen LogP contribution is -2.59. The Balaban J connectivity index is 1.85. The highest BCUT2D eigenvalue weighted by Crippen LogP contribution is 2.57. The Bertz CT molecular complexity index is 798. The first-order valence-corrected chi connectivity index (χ1v) is 8.63. The number of carbonyl (C=O) groups excluding carboxylic acids is 1. The summed E-state index contributed by atoms with van der Waals surface area (Å²) in [6.07, 6.45) is 0. The van der Waals surface area contributed by atoms with Gasteiger partial charge in [0.2, 0.25) is 5.91 Å². The number of rotatable bonds is 2. The van der Waals surface area contributed by atoms with Gasteiger partial charge in [-0.25, -0.2) is 0 Å². The maximum absolute atomic E-state index is 13.1. The fourth-order valence-corrected chi connectivity index (χ4v) is 4.60. The fraction of sp³-hybridized carbons (Fsp3) is 0.381. The van der Waals surface area contributed by atoms with Gasteiger partial charge in [-0.2, -0.15) is 0 Å². The van der Waals surface area contributed by atoms with E-state index in [0.717, 1.165) is 0 Å². The van der Waals surface area contributed by atoms with Crippen molar-refractivity contribution in [2.75, 3.05) is 4.90 Å². The van der Waals surface area contributed by atoms with Crippen LogP contribution in [0.5, 0.6) is 0 Å². The zero-order chi connectivity index (χ0) is 17.1. The van der Waals surface area contributed by atoms with Crippen molar-refractivity contribution in [2.24, 2.45) is 0 Å². The van der Waals surface area contributed by atoms with E-state index in [4.69, 9.17) is 0 Å². The Morgan fingerprint density at radius 3 is 2.29 bits per heavy atom. The minimum atomic E-state index is -0.358. The molecule has 0 aliphatic carbocycles. The van der Waals surface area contributed by atoms with Crippen LogP contribution in [0.1, 0.15) is 38.8 Å². The molecule has 2 aliphatic rings. The third-order valence-corrected chi connectivity index (χ3v) is 6.21. The summed E-state index contributed by atoms with van der Waals surface area (Å²) in [6.45, 7) is 9.42. The van der Waals surface area contributed by atoms with Crippen LogP contribution < -0.4 is 4.90 Å². The van der Waals surface area contributed by atoms with Crippen LogP contribution in [0, 0.1) is 0 Å². The molecule has 0 saturated carbocycles. The molecule has 24 heavy (non-hydrogen) atoms. The predicted molar refractivity (Wildman–Crippen MR) is 96.8 cm³/mol. The number of hydrogen-bond donors (Lipinski definition) is 0. The molecule has 0 radical (unpaired) electrons.